The zero-order valence-electron chi connectivity index (χ0n) is 9.15. The Bertz CT molecular complexity index is 491. The highest BCUT2D eigenvalue weighted by atomic mass is 19.1. The molecule has 4 heteroatoms. The number of halogens is 1. The van der Waals surface area contributed by atoms with E-state index in [1.54, 1.807) is 16.8 Å². The predicted molar refractivity (Wildman–Crippen MR) is 60.4 cm³/mol. The summed E-state index contributed by atoms with van der Waals surface area (Å²) in [6.07, 6.45) is 1.84. The summed E-state index contributed by atoms with van der Waals surface area (Å²) in [5, 5.41) is 4.22. The summed E-state index contributed by atoms with van der Waals surface area (Å²) in [7, 11) is 0. The molecule has 0 bridgehead atoms. The third kappa shape index (κ3) is 2.28. The molecule has 0 fully saturated rings. The Morgan fingerprint density at radius 1 is 1.38 bits per heavy atom. The van der Waals surface area contributed by atoms with Crippen molar-refractivity contribution >= 4 is 0 Å². The molecule has 0 aliphatic carbocycles. The third-order valence-electron chi connectivity index (χ3n) is 2.45. The number of aryl methyl sites for hydroxylation is 1. The maximum absolute atomic E-state index is 13.5. The van der Waals surface area contributed by atoms with Crippen LogP contribution >= 0.6 is 0 Å². The highest BCUT2D eigenvalue weighted by Crippen LogP contribution is 2.12. The van der Waals surface area contributed by atoms with Gasteiger partial charge < -0.3 is 5.73 Å². The molecule has 0 atom stereocenters. The first kappa shape index (κ1) is 10.8. The Morgan fingerprint density at radius 3 is 2.81 bits per heavy atom. The average Bonchev–Trinajstić information content (AvgIpc) is 2.67. The first-order chi connectivity index (χ1) is 7.69. The van der Waals surface area contributed by atoms with E-state index in [0.29, 0.717) is 18.7 Å². The lowest BCUT2D eigenvalue weighted by atomic mass is 10.1. The van der Waals surface area contributed by atoms with Gasteiger partial charge in [-0.15, -0.1) is 0 Å². The topological polar surface area (TPSA) is 43.8 Å². The van der Waals surface area contributed by atoms with Gasteiger partial charge >= 0.3 is 0 Å². The van der Waals surface area contributed by atoms with Crippen LogP contribution in [0.4, 0.5) is 4.39 Å². The van der Waals surface area contributed by atoms with Crippen LogP contribution in [-0.4, -0.2) is 9.78 Å². The number of hydrogen-bond acceptors (Lipinski definition) is 2. The molecule has 0 amide bonds. The van der Waals surface area contributed by atoms with Gasteiger partial charge in [0.25, 0.3) is 0 Å². The molecule has 0 spiro atoms. The quantitative estimate of drug-likeness (QED) is 0.856. The van der Waals surface area contributed by atoms with E-state index in [4.69, 9.17) is 5.73 Å². The van der Waals surface area contributed by atoms with Gasteiger partial charge in [0.1, 0.15) is 5.82 Å². The van der Waals surface area contributed by atoms with Crippen LogP contribution in [0.1, 0.15) is 16.8 Å². The Balaban J connectivity index is 2.26. The van der Waals surface area contributed by atoms with Crippen LogP contribution < -0.4 is 5.73 Å². The van der Waals surface area contributed by atoms with E-state index in [1.165, 1.54) is 6.07 Å². The number of nitrogens with two attached hydrogens (primary N) is 1. The van der Waals surface area contributed by atoms with Crippen molar-refractivity contribution in [2.45, 2.75) is 20.0 Å². The molecule has 84 valence electrons. The van der Waals surface area contributed by atoms with Crippen molar-refractivity contribution < 1.29 is 4.39 Å². The van der Waals surface area contributed by atoms with E-state index in [0.717, 1.165) is 11.3 Å². The summed E-state index contributed by atoms with van der Waals surface area (Å²) in [6.45, 7) is 2.77. The minimum atomic E-state index is -0.217. The van der Waals surface area contributed by atoms with Crippen molar-refractivity contribution in [2.24, 2.45) is 5.73 Å². The van der Waals surface area contributed by atoms with Crippen LogP contribution in [-0.2, 0) is 13.1 Å². The summed E-state index contributed by atoms with van der Waals surface area (Å²) >= 11 is 0. The van der Waals surface area contributed by atoms with Crippen LogP contribution in [0.15, 0.2) is 30.5 Å². The van der Waals surface area contributed by atoms with E-state index >= 15 is 0 Å². The molecule has 0 unspecified atom stereocenters. The summed E-state index contributed by atoms with van der Waals surface area (Å²) in [4.78, 5) is 0. The van der Waals surface area contributed by atoms with Crippen molar-refractivity contribution in [3.05, 3.63) is 53.1 Å². The average molecular weight is 219 g/mol. The van der Waals surface area contributed by atoms with Crippen LogP contribution in [0.5, 0.6) is 0 Å². The van der Waals surface area contributed by atoms with Crippen LogP contribution in [0.25, 0.3) is 0 Å². The molecule has 0 aliphatic rings. The van der Waals surface area contributed by atoms with Crippen LogP contribution in [0, 0.1) is 12.7 Å². The van der Waals surface area contributed by atoms with Gasteiger partial charge in [-0.05, 0) is 30.7 Å². The van der Waals surface area contributed by atoms with Gasteiger partial charge in [-0.3, -0.25) is 4.68 Å². The molecule has 1 aromatic carbocycles. The van der Waals surface area contributed by atoms with Gasteiger partial charge in [-0.2, -0.15) is 5.10 Å². The molecule has 0 aliphatic heterocycles. The molecule has 2 aromatic rings. The molecule has 0 radical (unpaired) electrons. The second kappa shape index (κ2) is 4.45. The number of benzene rings is 1. The summed E-state index contributed by atoms with van der Waals surface area (Å²) in [5.41, 5.74) is 8.00. The Morgan fingerprint density at radius 2 is 2.19 bits per heavy atom. The van der Waals surface area contributed by atoms with Gasteiger partial charge in [0.15, 0.2) is 0 Å². The lowest BCUT2D eigenvalue weighted by molar-refractivity contribution is 0.583. The van der Waals surface area contributed by atoms with E-state index in [1.807, 2.05) is 19.2 Å². The Labute approximate surface area is 93.7 Å². The summed E-state index contributed by atoms with van der Waals surface area (Å²) < 4.78 is 15.2. The molecule has 1 heterocycles. The predicted octanol–water partition coefficient (Wildman–Crippen LogP) is 1.84. The smallest absolute Gasteiger partial charge is 0.128 e. The highest BCUT2D eigenvalue weighted by molar-refractivity contribution is 5.25. The lowest BCUT2D eigenvalue weighted by Gasteiger charge is -2.05. The van der Waals surface area contributed by atoms with Gasteiger partial charge in [-0.25, -0.2) is 4.39 Å². The van der Waals surface area contributed by atoms with Gasteiger partial charge in [0.2, 0.25) is 0 Å². The van der Waals surface area contributed by atoms with Crippen molar-refractivity contribution in [1.82, 2.24) is 9.78 Å². The fourth-order valence-corrected chi connectivity index (χ4v) is 1.60. The lowest BCUT2D eigenvalue weighted by Crippen LogP contribution is -2.05. The molecule has 3 nitrogen and oxygen atoms in total. The van der Waals surface area contributed by atoms with Gasteiger partial charge in [0.05, 0.1) is 12.2 Å². The number of nitrogens with zero attached hydrogens (tertiary/aromatic N) is 2. The Hall–Kier alpha value is -1.68. The SMILES string of the molecule is Cc1ccn(Cc2cc(CN)ccc2F)n1. The number of hydrogen-bond donors (Lipinski definition) is 1. The first-order valence-corrected chi connectivity index (χ1v) is 5.16. The second-order valence-electron chi connectivity index (χ2n) is 3.78. The molecular formula is C12H14FN3. The molecule has 16 heavy (non-hydrogen) atoms. The molecular weight excluding hydrogens is 205 g/mol. The minimum absolute atomic E-state index is 0.217. The minimum Gasteiger partial charge on any atom is -0.326 e. The van der Waals surface area contributed by atoms with Gasteiger partial charge in [0, 0.05) is 18.3 Å². The normalized spacial score (nSPS) is 10.7. The first-order valence-electron chi connectivity index (χ1n) is 5.16. The van der Waals surface area contributed by atoms with E-state index in [2.05, 4.69) is 5.10 Å². The van der Waals surface area contributed by atoms with Gasteiger partial charge in [-0.1, -0.05) is 6.07 Å². The standard InChI is InChI=1S/C12H14FN3/c1-9-4-5-16(15-9)8-11-6-10(7-14)2-3-12(11)13/h2-6H,7-8,14H2,1H3. The number of rotatable bonds is 3. The van der Waals surface area contributed by atoms with Crippen molar-refractivity contribution in [3.8, 4) is 0 Å². The maximum atomic E-state index is 13.5. The monoisotopic (exact) mass is 219 g/mol. The maximum Gasteiger partial charge on any atom is 0.128 e. The fourth-order valence-electron chi connectivity index (χ4n) is 1.60. The van der Waals surface area contributed by atoms with Crippen molar-refractivity contribution in [2.75, 3.05) is 0 Å². The van der Waals surface area contributed by atoms with Crippen LogP contribution in [0.2, 0.25) is 0 Å². The largest absolute Gasteiger partial charge is 0.326 e. The molecule has 2 rings (SSSR count). The van der Waals surface area contributed by atoms with E-state index in [-0.39, 0.29) is 5.82 Å². The molecule has 2 N–H and O–H groups in total. The molecule has 0 saturated heterocycles. The van der Waals surface area contributed by atoms with Crippen molar-refractivity contribution in [3.63, 3.8) is 0 Å². The second-order valence-corrected chi connectivity index (χ2v) is 3.78. The zero-order valence-corrected chi connectivity index (χ0v) is 9.15. The zero-order chi connectivity index (χ0) is 11.5. The van der Waals surface area contributed by atoms with E-state index in [9.17, 15) is 4.39 Å². The molecule has 0 saturated carbocycles. The Kier molecular flexibility index (Phi) is 3.01. The third-order valence-corrected chi connectivity index (χ3v) is 2.45. The molecule has 1 aromatic heterocycles. The van der Waals surface area contributed by atoms with E-state index < -0.39 is 0 Å². The number of aromatic nitrogens is 2. The highest BCUT2D eigenvalue weighted by Gasteiger charge is 2.04. The fraction of sp³-hybridized carbons (Fsp3) is 0.250. The van der Waals surface area contributed by atoms with Crippen molar-refractivity contribution in [1.29, 1.82) is 0 Å². The summed E-state index contributed by atoms with van der Waals surface area (Å²) in [6, 6.07) is 6.83. The summed E-state index contributed by atoms with van der Waals surface area (Å²) in [5.74, 6) is -0.217. The van der Waals surface area contributed by atoms with Crippen LogP contribution in [0.3, 0.4) is 0 Å².